The smallest absolute Gasteiger partial charge is 0 e. The van der Waals surface area contributed by atoms with Gasteiger partial charge >= 0.3 is 0 Å². The molecule has 0 radical (unpaired) electrons. The van der Waals surface area contributed by atoms with Crippen molar-refractivity contribution in [3.63, 3.8) is 0 Å². The van der Waals surface area contributed by atoms with E-state index in [2.05, 4.69) is 6.08 Å². The molecule has 2 fully saturated rings. The summed E-state index contributed by atoms with van der Waals surface area (Å²) in [4.78, 5) is 0. The monoisotopic (exact) mass is 276 g/mol. The maximum Gasteiger partial charge on any atom is 0 e. The molecule has 0 N–H and O–H groups in total. The van der Waals surface area contributed by atoms with Crippen LogP contribution in [-0.4, -0.2) is 0 Å². The molecule has 0 atom stereocenters. The second kappa shape index (κ2) is 9.22. The Balaban J connectivity index is 0.000000205. The largest absolute Gasteiger partial charge is 0.0851 e. The second-order valence-corrected chi connectivity index (χ2v) is 5.77. The fourth-order valence-electron chi connectivity index (χ4n) is 3.41. The molecule has 0 aromatic heterocycles. The molecule has 1 heteroatoms. The van der Waals surface area contributed by atoms with Crippen LogP contribution in [0.4, 0.5) is 0 Å². The molecule has 0 aliphatic heterocycles. The number of rotatable bonds is 1. The molecule has 0 unspecified atom stereocenters. The van der Waals surface area contributed by atoms with Crippen LogP contribution in [0, 0.1) is 5.92 Å². The van der Waals surface area contributed by atoms with E-state index in [1.165, 1.54) is 83.5 Å². The van der Waals surface area contributed by atoms with Crippen LogP contribution in [0.1, 0.15) is 83.5 Å². The van der Waals surface area contributed by atoms with Crippen LogP contribution in [0.15, 0.2) is 11.6 Å². The van der Waals surface area contributed by atoms with Crippen LogP contribution >= 0.6 is 0 Å². The number of allylic oxidation sites excluding steroid dienone is 2. The Kier molecular flexibility index (Phi) is 8.31. The van der Waals surface area contributed by atoms with Gasteiger partial charge in [0.15, 0.2) is 0 Å². The Morgan fingerprint density at radius 3 is 1.76 bits per heavy atom. The minimum Gasteiger partial charge on any atom is -0.0851 e. The van der Waals surface area contributed by atoms with Gasteiger partial charge in [-0.2, -0.15) is 0 Å². The zero-order valence-corrected chi connectivity index (χ0v) is 12.3. The first kappa shape index (κ1) is 15.3. The van der Waals surface area contributed by atoms with Crippen molar-refractivity contribution in [1.82, 2.24) is 0 Å². The summed E-state index contributed by atoms with van der Waals surface area (Å²) in [6.07, 6.45) is 21.7. The normalized spacial score (nSPS) is 24.6. The van der Waals surface area contributed by atoms with Gasteiger partial charge in [0.05, 0.1) is 0 Å². The number of hydrogen-bond acceptors (Lipinski definition) is 0. The average Bonchev–Trinajstić information content (AvgIpc) is 3.07. The maximum absolute atomic E-state index is 2.53. The van der Waals surface area contributed by atoms with Crippen LogP contribution in [0.25, 0.3) is 0 Å². The summed E-state index contributed by atoms with van der Waals surface area (Å²) in [6.45, 7) is 0. The Morgan fingerprint density at radius 1 is 0.706 bits per heavy atom. The van der Waals surface area contributed by atoms with Crippen LogP contribution in [-0.2, 0) is 17.1 Å². The van der Waals surface area contributed by atoms with E-state index in [0.29, 0.717) is 0 Å². The van der Waals surface area contributed by atoms with E-state index < -0.39 is 0 Å². The van der Waals surface area contributed by atoms with Crippen LogP contribution in [0.2, 0.25) is 0 Å². The third-order valence-electron chi connectivity index (χ3n) is 4.46. The van der Waals surface area contributed by atoms with Gasteiger partial charge in [-0.25, -0.2) is 0 Å². The van der Waals surface area contributed by atoms with Crippen molar-refractivity contribution in [2.45, 2.75) is 83.5 Å². The molecule has 17 heavy (non-hydrogen) atoms. The van der Waals surface area contributed by atoms with E-state index in [1.807, 2.05) is 5.57 Å². The summed E-state index contributed by atoms with van der Waals surface area (Å²) >= 11 is 0. The predicted octanol–water partition coefficient (Wildman–Crippen LogP) is 5.63. The SMILES string of the molecule is C1=C(C2CCCC2)CCCC1.C1CCCC1.[Fe]. The summed E-state index contributed by atoms with van der Waals surface area (Å²) < 4.78 is 0. The molecule has 2 saturated carbocycles. The van der Waals surface area contributed by atoms with E-state index in [4.69, 9.17) is 0 Å². The standard InChI is InChI=1S/C11H18.C5H10.Fe/c1-2-6-10(7-3-1)11-8-4-5-9-11;1-2-4-5-3-1;/h6,11H,1-5,7-9H2;1-5H2;. The van der Waals surface area contributed by atoms with Crippen LogP contribution in [0.3, 0.4) is 0 Å². The Morgan fingerprint density at radius 2 is 1.29 bits per heavy atom. The summed E-state index contributed by atoms with van der Waals surface area (Å²) in [5.74, 6) is 1.01. The molecular formula is C16H28Fe. The first-order chi connectivity index (χ1) is 7.97. The van der Waals surface area contributed by atoms with E-state index in [0.717, 1.165) is 5.92 Å². The fraction of sp³-hybridized carbons (Fsp3) is 0.875. The molecular weight excluding hydrogens is 248 g/mol. The van der Waals surface area contributed by atoms with Gasteiger partial charge in [-0.3, -0.25) is 0 Å². The molecule has 0 bridgehead atoms. The van der Waals surface area contributed by atoms with Gasteiger partial charge in [-0.05, 0) is 44.4 Å². The first-order valence-corrected chi connectivity index (χ1v) is 7.66. The van der Waals surface area contributed by atoms with E-state index >= 15 is 0 Å². The fourth-order valence-corrected chi connectivity index (χ4v) is 3.41. The third kappa shape index (κ3) is 5.62. The van der Waals surface area contributed by atoms with Crippen molar-refractivity contribution in [2.24, 2.45) is 5.92 Å². The number of hydrogen-bond donors (Lipinski definition) is 0. The molecule has 0 saturated heterocycles. The molecule has 3 aliphatic carbocycles. The Bertz CT molecular complexity index is 202. The molecule has 3 rings (SSSR count). The quantitative estimate of drug-likeness (QED) is 0.430. The van der Waals surface area contributed by atoms with Gasteiger partial charge in [0, 0.05) is 17.1 Å². The molecule has 0 nitrogen and oxygen atoms in total. The van der Waals surface area contributed by atoms with Crippen molar-refractivity contribution in [2.75, 3.05) is 0 Å². The summed E-state index contributed by atoms with van der Waals surface area (Å²) in [7, 11) is 0. The van der Waals surface area contributed by atoms with Gasteiger partial charge in [0.25, 0.3) is 0 Å². The maximum atomic E-state index is 2.53. The van der Waals surface area contributed by atoms with E-state index in [1.54, 1.807) is 0 Å². The van der Waals surface area contributed by atoms with Gasteiger partial charge in [0.1, 0.15) is 0 Å². The van der Waals surface area contributed by atoms with E-state index in [9.17, 15) is 0 Å². The third-order valence-corrected chi connectivity index (χ3v) is 4.46. The Hall–Kier alpha value is 0.259. The Labute approximate surface area is 118 Å². The van der Waals surface area contributed by atoms with Gasteiger partial charge in [-0.1, -0.05) is 56.6 Å². The van der Waals surface area contributed by atoms with Crippen molar-refractivity contribution in [3.05, 3.63) is 11.6 Å². The van der Waals surface area contributed by atoms with Gasteiger partial charge < -0.3 is 0 Å². The minimum absolute atomic E-state index is 0. The summed E-state index contributed by atoms with van der Waals surface area (Å²) in [6, 6.07) is 0. The topological polar surface area (TPSA) is 0 Å². The first-order valence-electron chi connectivity index (χ1n) is 7.66. The van der Waals surface area contributed by atoms with Gasteiger partial charge in [-0.15, -0.1) is 0 Å². The van der Waals surface area contributed by atoms with Crippen molar-refractivity contribution in [1.29, 1.82) is 0 Å². The second-order valence-electron chi connectivity index (χ2n) is 5.77. The minimum atomic E-state index is 0. The van der Waals surface area contributed by atoms with Crippen LogP contribution in [0.5, 0.6) is 0 Å². The summed E-state index contributed by atoms with van der Waals surface area (Å²) in [5, 5.41) is 0. The van der Waals surface area contributed by atoms with Crippen molar-refractivity contribution < 1.29 is 17.1 Å². The molecule has 0 aromatic carbocycles. The van der Waals surface area contributed by atoms with E-state index in [-0.39, 0.29) is 17.1 Å². The molecule has 0 amide bonds. The molecule has 0 heterocycles. The summed E-state index contributed by atoms with van der Waals surface area (Å²) in [5.41, 5.74) is 1.81. The van der Waals surface area contributed by atoms with Crippen molar-refractivity contribution in [3.8, 4) is 0 Å². The molecule has 0 aromatic rings. The zero-order chi connectivity index (χ0) is 11.1. The van der Waals surface area contributed by atoms with Gasteiger partial charge in [0.2, 0.25) is 0 Å². The molecule has 3 aliphatic rings. The van der Waals surface area contributed by atoms with Crippen LogP contribution < -0.4 is 0 Å². The predicted molar refractivity (Wildman–Crippen MR) is 71.6 cm³/mol. The van der Waals surface area contributed by atoms with Crippen molar-refractivity contribution >= 4 is 0 Å². The molecule has 100 valence electrons. The molecule has 0 spiro atoms. The zero-order valence-electron chi connectivity index (χ0n) is 11.2. The average molecular weight is 276 g/mol.